The van der Waals surface area contributed by atoms with Crippen LogP contribution in [0.15, 0.2) is 48.5 Å². The van der Waals surface area contributed by atoms with Gasteiger partial charge in [-0.05, 0) is 55.5 Å². The summed E-state index contributed by atoms with van der Waals surface area (Å²) in [6.07, 6.45) is 0. The molecule has 0 saturated heterocycles. The van der Waals surface area contributed by atoms with Gasteiger partial charge in [0.05, 0.1) is 13.2 Å². The van der Waals surface area contributed by atoms with Gasteiger partial charge in [-0.3, -0.25) is 4.79 Å². The van der Waals surface area contributed by atoms with E-state index in [4.69, 9.17) is 14.2 Å². The molecule has 24 heavy (non-hydrogen) atoms. The highest BCUT2D eigenvalue weighted by Gasteiger charge is 2.03. The second kappa shape index (κ2) is 9.39. The molecule has 0 radical (unpaired) electrons. The third kappa shape index (κ3) is 6.16. The third-order valence-electron chi connectivity index (χ3n) is 3.01. The number of ether oxygens (including phenoxy) is 3. The maximum atomic E-state index is 12.7. The molecule has 5 nitrogen and oxygen atoms in total. The molecule has 0 fully saturated rings. The molecule has 0 aromatic heterocycles. The van der Waals surface area contributed by atoms with E-state index in [1.807, 2.05) is 31.2 Å². The highest BCUT2D eigenvalue weighted by Crippen LogP contribution is 2.17. The Bertz CT molecular complexity index is 628. The second-order valence-corrected chi connectivity index (χ2v) is 4.85. The summed E-state index contributed by atoms with van der Waals surface area (Å²) in [5.74, 6) is 1.32. The van der Waals surface area contributed by atoms with E-state index in [0.717, 1.165) is 5.75 Å². The Hall–Kier alpha value is -2.76. The molecule has 128 valence electrons. The minimum absolute atomic E-state index is 0.130. The number of rotatable bonds is 9. The van der Waals surface area contributed by atoms with Crippen molar-refractivity contribution in [3.05, 3.63) is 54.3 Å². The Balaban J connectivity index is 1.61. The lowest BCUT2D eigenvalue weighted by Crippen LogP contribution is -2.32. The normalized spacial score (nSPS) is 10.1. The van der Waals surface area contributed by atoms with E-state index < -0.39 is 0 Å². The summed E-state index contributed by atoms with van der Waals surface area (Å²) >= 11 is 0. The van der Waals surface area contributed by atoms with Gasteiger partial charge in [0.15, 0.2) is 6.61 Å². The summed E-state index contributed by atoms with van der Waals surface area (Å²) in [6.45, 7) is 3.11. The van der Waals surface area contributed by atoms with Gasteiger partial charge in [-0.1, -0.05) is 0 Å². The van der Waals surface area contributed by atoms with Crippen LogP contribution in [-0.4, -0.2) is 32.3 Å². The van der Waals surface area contributed by atoms with Crippen molar-refractivity contribution in [2.75, 3.05) is 26.4 Å². The van der Waals surface area contributed by atoms with E-state index in [2.05, 4.69) is 5.32 Å². The van der Waals surface area contributed by atoms with E-state index >= 15 is 0 Å². The topological polar surface area (TPSA) is 56.8 Å². The van der Waals surface area contributed by atoms with E-state index in [0.29, 0.717) is 31.3 Å². The molecular formula is C18H20FNO4. The summed E-state index contributed by atoms with van der Waals surface area (Å²) in [5, 5.41) is 2.68. The minimum Gasteiger partial charge on any atom is -0.494 e. The summed E-state index contributed by atoms with van der Waals surface area (Å²) in [7, 11) is 0. The van der Waals surface area contributed by atoms with E-state index in [1.54, 1.807) is 0 Å². The van der Waals surface area contributed by atoms with Gasteiger partial charge in [-0.25, -0.2) is 4.39 Å². The standard InChI is InChI=1S/C18H20FNO4/c1-2-22-15-7-9-16(10-8-15)23-12-11-20-18(21)13-24-17-5-3-14(19)4-6-17/h3-10H,2,11-13H2,1H3,(H,20,21). The molecule has 6 heteroatoms. The minimum atomic E-state index is -0.349. The van der Waals surface area contributed by atoms with Gasteiger partial charge < -0.3 is 19.5 Å². The Morgan fingerprint density at radius 1 is 0.917 bits per heavy atom. The fraction of sp³-hybridized carbons (Fsp3) is 0.278. The van der Waals surface area contributed by atoms with Crippen LogP contribution < -0.4 is 19.5 Å². The first kappa shape index (κ1) is 17.6. The van der Waals surface area contributed by atoms with Gasteiger partial charge in [-0.2, -0.15) is 0 Å². The van der Waals surface area contributed by atoms with Gasteiger partial charge in [0.1, 0.15) is 29.7 Å². The van der Waals surface area contributed by atoms with Gasteiger partial charge >= 0.3 is 0 Å². The molecule has 0 spiro atoms. The molecule has 0 atom stereocenters. The second-order valence-electron chi connectivity index (χ2n) is 4.85. The van der Waals surface area contributed by atoms with Crippen molar-refractivity contribution in [3.63, 3.8) is 0 Å². The van der Waals surface area contributed by atoms with Crippen LogP contribution in [0.5, 0.6) is 17.2 Å². The zero-order chi connectivity index (χ0) is 17.2. The van der Waals surface area contributed by atoms with Crippen LogP contribution in [0.25, 0.3) is 0 Å². The van der Waals surface area contributed by atoms with Crippen LogP contribution in [0.4, 0.5) is 4.39 Å². The lowest BCUT2D eigenvalue weighted by Gasteiger charge is -2.09. The number of hydrogen-bond donors (Lipinski definition) is 1. The van der Waals surface area contributed by atoms with Crippen LogP contribution >= 0.6 is 0 Å². The average Bonchev–Trinajstić information content (AvgIpc) is 2.60. The van der Waals surface area contributed by atoms with Crippen molar-refractivity contribution in [2.45, 2.75) is 6.92 Å². The molecule has 0 saturated carbocycles. The third-order valence-corrected chi connectivity index (χ3v) is 3.01. The molecule has 1 amide bonds. The number of halogens is 1. The maximum absolute atomic E-state index is 12.7. The molecule has 0 unspecified atom stereocenters. The Kier molecular flexibility index (Phi) is 6.89. The predicted octanol–water partition coefficient (Wildman–Crippen LogP) is 2.80. The van der Waals surface area contributed by atoms with Crippen molar-refractivity contribution < 1.29 is 23.4 Å². The molecule has 2 rings (SSSR count). The summed E-state index contributed by atoms with van der Waals surface area (Å²) in [4.78, 5) is 11.6. The smallest absolute Gasteiger partial charge is 0.258 e. The highest BCUT2D eigenvalue weighted by molar-refractivity contribution is 5.77. The van der Waals surface area contributed by atoms with Crippen molar-refractivity contribution in [1.82, 2.24) is 5.32 Å². The molecule has 0 bridgehead atoms. The molecule has 1 N–H and O–H groups in total. The number of nitrogens with one attached hydrogen (secondary N) is 1. The van der Waals surface area contributed by atoms with Crippen LogP contribution in [0, 0.1) is 5.82 Å². The Labute approximate surface area is 140 Å². The van der Waals surface area contributed by atoms with Gasteiger partial charge in [-0.15, -0.1) is 0 Å². The van der Waals surface area contributed by atoms with Crippen LogP contribution in [0.1, 0.15) is 6.92 Å². The number of carbonyl (C=O) groups excluding carboxylic acids is 1. The number of carbonyl (C=O) groups is 1. The molecule has 2 aromatic rings. The van der Waals surface area contributed by atoms with Crippen molar-refractivity contribution in [3.8, 4) is 17.2 Å². The molecular weight excluding hydrogens is 313 g/mol. The number of amides is 1. The number of benzene rings is 2. The SMILES string of the molecule is CCOc1ccc(OCCNC(=O)COc2ccc(F)cc2)cc1. The lowest BCUT2D eigenvalue weighted by atomic mass is 10.3. The number of hydrogen-bond acceptors (Lipinski definition) is 4. The van der Waals surface area contributed by atoms with Crippen LogP contribution in [-0.2, 0) is 4.79 Å². The van der Waals surface area contributed by atoms with Crippen molar-refractivity contribution >= 4 is 5.91 Å². The van der Waals surface area contributed by atoms with Crippen molar-refractivity contribution in [1.29, 1.82) is 0 Å². The largest absolute Gasteiger partial charge is 0.494 e. The molecule has 0 aliphatic heterocycles. The average molecular weight is 333 g/mol. The Morgan fingerprint density at radius 3 is 2.08 bits per heavy atom. The maximum Gasteiger partial charge on any atom is 0.258 e. The quantitative estimate of drug-likeness (QED) is 0.717. The summed E-state index contributed by atoms with van der Waals surface area (Å²) in [6, 6.07) is 12.8. The van der Waals surface area contributed by atoms with Gasteiger partial charge in [0.25, 0.3) is 5.91 Å². The van der Waals surface area contributed by atoms with Gasteiger partial charge in [0.2, 0.25) is 0 Å². The fourth-order valence-corrected chi connectivity index (χ4v) is 1.89. The van der Waals surface area contributed by atoms with Gasteiger partial charge in [0, 0.05) is 0 Å². The summed E-state index contributed by atoms with van der Waals surface area (Å²) < 4.78 is 28.8. The molecule has 2 aromatic carbocycles. The first-order chi connectivity index (χ1) is 11.7. The first-order valence-electron chi connectivity index (χ1n) is 7.68. The van der Waals surface area contributed by atoms with E-state index in [1.165, 1.54) is 24.3 Å². The van der Waals surface area contributed by atoms with Crippen LogP contribution in [0.2, 0.25) is 0 Å². The summed E-state index contributed by atoms with van der Waals surface area (Å²) in [5.41, 5.74) is 0. The zero-order valence-corrected chi connectivity index (χ0v) is 13.5. The van der Waals surface area contributed by atoms with Crippen molar-refractivity contribution in [2.24, 2.45) is 0 Å². The Morgan fingerprint density at radius 2 is 1.46 bits per heavy atom. The van der Waals surface area contributed by atoms with E-state index in [9.17, 15) is 9.18 Å². The molecule has 0 heterocycles. The molecule has 0 aliphatic rings. The lowest BCUT2D eigenvalue weighted by molar-refractivity contribution is -0.123. The molecule has 0 aliphatic carbocycles. The zero-order valence-electron chi connectivity index (χ0n) is 13.5. The monoisotopic (exact) mass is 333 g/mol. The van der Waals surface area contributed by atoms with Crippen LogP contribution in [0.3, 0.4) is 0 Å². The fourth-order valence-electron chi connectivity index (χ4n) is 1.89. The first-order valence-corrected chi connectivity index (χ1v) is 7.68. The van der Waals surface area contributed by atoms with E-state index in [-0.39, 0.29) is 18.3 Å². The highest BCUT2D eigenvalue weighted by atomic mass is 19.1. The predicted molar refractivity (Wildman–Crippen MR) is 88.0 cm³/mol.